The molecule has 0 saturated heterocycles. The second-order valence-corrected chi connectivity index (χ2v) is 6.83. The van der Waals surface area contributed by atoms with Crippen LogP contribution in [0.1, 0.15) is 95.6 Å². The Hall–Kier alpha value is -2.00. The van der Waals surface area contributed by atoms with Crippen molar-refractivity contribution < 1.29 is 4.74 Å². The van der Waals surface area contributed by atoms with Crippen molar-refractivity contribution in [1.29, 1.82) is 10.5 Å². The molecule has 0 amide bonds. The highest BCUT2D eigenvalue weighted by Crippen LogP contribution is 2.20. The van der Waals surface area contributed by atoms with Crippen molar-refractivity contribution in [2.24, 2.45) is 0 Å². The first-order valence-corrected chi connectivity index (χ1v) is 9.82. The highest BCUT2D eigenvalue weighted by Gasteiger charge is 2.07. The topological polar surface area (TPSA) is 56.8 Å². The first-order valence-electron chi connectivity index (χ1n) is 9.82. The summed E-state index contributed by atoms with van der Waals surface area (Å²) < 4.78 is 5.88. The molecule has 0 aromatic heterocycles. The zero-order valence-corrected chi connectivity index (χ0v) is 15.9. The Kier molecular flexibility index (Phi) is 11.2. The van der Waals surface area contributed by atoms with Gasteiger partial charge in [0.25, 0.3) is 0 Å². The smallest absolute Gasteiger partial charge is 0.121 e. The zero-order valence-electron chi connectivity index (χ0n) is 15.9. The van der Waals surface area contributed by atoms with Crippen LogP contribution in [0.2, 0.25) is 0 Å². The number of nitrogens with zero attached hydrogens (tertiary/aromatic N) is 2. The monoisotopic (exact) mass is 340 g/mol. The number of benzene rings is 1. The third-order valence-corrected chi connectivity index (χ3v) is 4.53. The van der Waals surface area contributed by atoms with Crippen LogP contribution in [0.3, 0.4) is 0 Å². The minimum Gasteiger partial charge on any atom is -0.491 e. The van der Waals surface area contributed by atoms with Gasteiger partial charge in [0.15, 0.2) is 0 Å². The molecule has 0 fully saturated rings. The van der Waals surface area contributed by atoms with E-state index in [0.29, 0.717) is 16.9 Å². The van der Waals surface area contributed by atoms with Gasteiger partial charge in [-0.15, -0.1) is 0 Å². The van der Waals surface area contributed by atoms with Crippen LogP contribution >= 0.6 is 0 Å². The summed E-state index contributed by atoms with van der Waals surface area (Å²) in [4.78, 5) is 0. The summed E-state index contributed by atoms with van der Waals surface area (Å²) in [5.41, 5.74) is 0.781. The van der Waals surface area contributed by atoms with Gasteiger partial charge in [0, 0.05) is 0 Å². The van der Waals surface area contributed by atoms with Crippen LogP contribution in [0.15, 0.2) is 18.2 Å². The van der Waals surface area contributed by atoms with Crippen LogP contribution in [0.5, 0.6) is 5.75 Å². The third-order valence-electron chi connectivity index (χ3n) is 4.53. The van der Waals surface area contributed by atoms with E-state index in [0.717, 1.165) is 6.42 Å². The van der Waals surface area contributed by atoms with Crippen molar-refractivity contribution in [2.45, 2.75) is 90.6 Å². The molecule has 0 radical (unpaired) electrons. The van der Waals surface area contributed by atoms with E-state index in [1.54, 1.807) is 18.2 Å². The molecule has 0 N–H and O–H groups in total. The van der Waals surface area contributed by atoms with Gasteiger partial charge in [-0.05, 0) is 38.0 Å². The molecule has 0 heterocycles. The maximum absolute atomic E-state index is 9.06. The van der Waals surface area contributed by atoms with Crippen molar-refractivity contribution in [3.8, 4) is 17.9 Å². The summed E-state index contributed by atoms with van der Waals surface area (Å²) in [6.07, 6.45) is 14.5. The first-order chi connectivity index (χ1) is 12.2. The largest absolute Gasteiger partial charge is 0.491 e. The Morgan fingerprint density at radius 3 is 1.96 bits per heavy atom. The average Bonchev–Trinajstić information content (AvgIpc) is 2.63. The fraction of sp³-hybridized carbons (Fsp3) is 0.636. The van der Waals surface area contributed by atoms with Crippen molar-refractivity contribution in [3.63, 3.8) is 0 Å². The molecule has 1 unspecified atom stereocenters. The molecule has 1 atom stereocenters. The Balaban J connectivity index is 2.12. The molecule has 25 heavy (non-hydrogen) atoms. The third kappa shape index (κ3) is 9.16. The van der Waals surface area contributed by atoms with E-state index in [1.165, 1.54) is 64.2 Å². The van der Waals surface area contributed by atoms with Crippen molar-refractivity contribution in [1.82, 2.24) is 0 Å². The molecule has 0 aliphatic rings. The zero-order chi connectivity index (χ0) is 18.3. The lowest BCUT2D eigenvalue weighted by Crippen LogP contribution is -2.11. The fourth-order valence-electron chi connectivity index (χ4n) is 3.00. The van der Waals surface area contributed by atoms with E-state index in [-0.39, 0.29) is 6.10 Å². The minimum absolute atomic E-state index is 0.133. The fourth-order valence-corrected chi connectivity index (χ4v) is 3.00. The maximum Gasteiger partial charge on any atom is 0.121 e. The van der Waals surface area contributed by atoms with Gasteiger partial charge in [-0.25, -0.2) is 0 Å². The summed E-state index contributed by atoms with van der Waals surface area (Å²) in [5.74, 6) is 0.676. The van der Waals surface area contributed by atoms with Gasteiger partial charge in [0.1, 0.15) is 17.9 Å². The molecule has 3 nitrogen and oxygen atoms in total. The Labute approximate surface area is 153 Å². The number of nitriles is 2. The lowest BCUT2D eigenvalue weighted by molar-refractivity contribution is 0.206. The quantitative estimate of drug-likeness (QED) is 0.385. The van der Waals surface area contributed by atoms with Crippen LogP contribution < -0.4 is 4.74 Å². The predicted octanol–water partition coefficient (Wildman–Crippen LogP) is 6.51. The Morgan fingerprint density at radius 1 is 0.840 bits per heavy atom. The van der Waals surface area contributed by atoms with E-state index in [1.807, 2.05) is 12.1 Å². The molecule has 0 saturated carbocycles. The number of hydrogen-bond acceptors (Lipinski definition) is 3. The second kappa shape index (κ2) is 13.3. The Morgan fingerprint density at radius 2 is 1.40 bits per heavy atom. The summed E-state index contributed by atoms with van der Waals surface area (Å²) in [5, 5.41) is 18.0. The van der Waals surface area contributed by atoms with Crippen molar-refractivity contribution in [2.75, 3.05) is 0 Å². The molecule has 1 aromatic rings. The number of ether oxygens (including phenoxy) is 1. The normalized spacial score (nSPS) is 11.5. The molecule has 1 rings (SSSR count). The van der Waals surface area contributed by atoms with Gasteiger partial charge in [-0.3, -0.25) is 0 Å². The minimum atomic E-state index is 0.133. The van der Waals surface area contributed by atoms with Gasteiger partial charge in [-0.1, -0.05) is 64.7 Å². The van der Waals surface area contributed by atoms with Crippen LogP contribution in [-0.2, 0) is 0 Å². The highest BCUT2D eigenvalue weighted by atomic mass is 16.5. The lowest BCUT2D eigenvalue weighted by atomic mass is 10.0. The van der Waals surface area contributed by atoms with Crippen LogP contribution in [0.25, 0.3) is 0 Å². The van der Waals surface area contributed by atoms with E-state index in [2.05, 4.69) is 13.8 Å². The molecule has 0 bridgehead atoms. The SMILES string of the molecule is CCCCCCCCCCCCC(C)Oc1ccc(C#N)c(C#N)c1. The summed E-state index contributed by atoms with van der Waals surface area (Å²) >= 11 is 0. The number of unbranched alkanes of at least 4 members (excludes halogenated alkanes) is 9. The van der Waals surface area contributed by atoms with Gasteiger partial charge in [0.05, 0.1) is 17.2 Å². The Bertz CT molecular complexity index is 568. The average molecular weight is 341 g/mol. The molecule has 136 valence electrons. The number of hydrogen-bond donors (Lipinski definition) is 0. The van der Waals surface area contributed by atoms with E-state index in [9.17, 15) is 0 Å². The molecular formula is C22H32N2O. The molecule has 0 aliphatic carbocycles. The van der Waals surface area contributed by atoms with Crippen LogP contribution in [0, 0.1) is 22.7 Å². The standard InChI is InChI=1S/C22H32N2O/c1-3-4-5-6-7-8-9-10-11-12-13-19(2)25-22-15-14-20(17-23)21(16-22)18-24/h14-16,19H,3-13H2,1-2H3. The molecule has 3 heteroatoms. The number of rotatable bonds is 13. The van der Waals surface area contributed by atoms with Crippen LogP contribution in [0.4, 0.5) is 0 Å². The van der Waals surface area contributed by atoms with Gasteiger partial charge in [0.2, 0.25) is 0 Å². The summed E-state index contributed by atoms with van der Waals surface area (Å²) in [6.45, 7) is 4.33. The molecular weight excluding hydrogens is 308 g/mol. The van der Waals surface area contributed by atoms with Gasteiger partial charge >= 0.3 is 0 Å². The highest BCUT2D eigenvalue weighted by molar-refractivity contribution is 5.49. The van der Waals surface area contributed by atoms with E-state index < -0.39 is 0 Å². The van der Waals surface area contributed by atoms with Gasteiger partial charge < -0.3 is 4.74 Å². The van der Waals surface area contributed by atoms with Crippen LogP contribution in [-0.4, -0.2) is 6.10 Å². The maximum atomic E-state index is 9.06. The molecule has 0 spiro atoms. The van der Waals surface area contributed by atoms with Gasteiger partial charge in [-0.2, -0.15) is 10.5 Å². The summed E-state index contributed by atoms with van der Waals surface area (Å²) in [6, 6.07) is 9.15. The molecule has 0 aliphatic heterocycles. The lowest BCUT2D eigenvalue weighted by Gasteiger charge is -2.15. The van der Waals surface area contributed by atoms with Crippen molar-refractivity contribution in [3.05, 3.63) is 29.3 Å². The first kappa shape index (κ1) is 21.0. The molecule has 1 aromatic carbocycles. The van der Waals surface area contributed by atoms with E-state index in [4.69, 9.17) is 15.3 Å². The van der Waals surface area contributed by atoms with Crippen molar-refractivity contribution >= 4 is 0 Å². The summed E-state index contributed by atoms with van der Waals surface area (Å²) in [7, 11) is 0. The van der Waals surface area contributed by atoms with E-state index >= 15 is 0 Å². The predicted molar refractivity (Wildman–Crippen MR) is 102 cm³/mol. The second-order valence-electron chi connectivity index (χ2n) is 6.83.